The summed E-state index contributed by atoms with van der Waals surface area (Å²) in [6.07, 6.45) is -0.690. The van der Waals surface area contributed by atoms with Crippen LogP contribution in [-0.4, -0.2) is 22.9 Å². The van der Waals surface area contributed by atoms with Crippen molar-refractivity contribution in [2.45, 2.75) is 44.8 Å². The molecule has 19 heavy (non-hydrogen) atoms. The van der Waals surface area contributed by atoms with E-state index in [4.69, 9.17) is 4.74 Å². The number of amides is 1. The molecule has 4 heteroatoms. The first kappa shape index (κ1) is 13.6. The third kappa shape index (κ3) is 3.33. The smallest absolute Gasteiger partial charge is 0.392 e. The van der Waals surface area contributed by atoms with E-state index < -0.39 is 17.8 Å². The fourth-order valence-electron chi connectivity index (χ4n) is 2.14. The normalized spacial score (nSPS) is 21.3. The van der Waals surface area contributed by atoms with E-state index in [2.05, 4.69) is 10.9 Å². The number of nitrogens with zero attached hydrogens (tertiary/aromatic N) is 1. The minimum absolute atomic E-state index is 0.358. The maximum Gasteiger partial charge on any atom is 0.728 e. The third-order valence-electron chi connectivity index (χ3n) is 2.89. The van der Waals surface area contributed by atoms with Gasteiger partial charge in [0.2, 0.25) is 0 Å². The zero-order valence-electron chi connectivity index (χ0n) is 11.4. The number of carbonyl (C=O) groups is 1. The first-order valence-corrected chi connectivity index (χ1v) is 6.32. The summed E-state index contributed by atoms with van der Waals surface area (Å²) in [5.41, 5.74) is 1.48. The van der Waals surface area contributed by atoms with Gasteiger partial charge >= 0.3 is 12.2 Å². The maximum atomic E-state index is 11.5. The monoisotopic (exact) mass is 260 g/mol. The van der Waals surface area contributed by atoms with Crippen LogP contribution in [-0.2, 0) is 11.2 Å². The number of benzene rings is 1. The highest BCUT2D eigenvalue weighted by Crippen LogP contribution is 2.32. The predicted octanol–water partition coefficient (Wildman–Crippen LogP) is 2.96. The Labute approximate surface area is 112 Å². The lowest BCUT2D eigenvalue weighted by Crippen LogP contribution is -2.21. The largest absolute Gasteiger partial charge is 0.728 e. The molecule has 1 aliphatic carbocycles. The number of hydrogen-bond donors (Lipinski definition) is 1. The van der Waals surface area contributed by atoms with E-state index in [0.29, 0.717) is 6.42 Å². The number of fused-ring (bicyclic) bond motifs is 1. The Morgan fingerprint density at radius 2 is 2.11 bits per heavy atom. The summed E-state index contributed by atoms with van der Waals surface area (Å²) in [4.78, 5) is 15.2. The van der Waals surface area contributed by atoms with Crippen molar-refractivity contribution < 1.29 is 14.6 Å². The fraction of sp³-hybridized carbons (Fsp3) is 0.467. The zero-order valence-corrected chi connectivity index (χ0v) is 11.4. The van der Waals surface area contributed by atoms with Crippen molar-refractivity contribution in [2.24, 2.45) is 0 Å². The third-order valence-corrected chi connectivity index (χ3v) is 2.89. The lowest BCUT2D eigenvalue weighted by molar-refractivity contribution is 0.0664. The van der Waals surface area contributed by atoms with Gasteiger partial charge in [-0.2, -0.15) is 4.79 Å². The second-order valence-electron chi connectivity index (χ2n) is 5.67. The van der Waals surface area contributed by atoms with Crippen LogP contribution in [0.25, 0.3) is 4.85 Å². The van der Waals surface area contributed by atoms with Gasteiger partial charge in [0.05, 0.1) is 10.9 Å². The van der Waals surface area contributed by atoms with Gasteiger partial charge in [-0.25, -0.2) is 0 Å². The van der Waals surface area contributed by atoms with Crippen LogP contribution in [0.15, 0.2) is 24.3 Å². The minimum atomic E-state index is -0.677. The lowest BCUT2D eigenvalue weighted by atomic mass is 10.0. The molecule has 1 aromatic carbocycles. The van der Waals surface area contributed by atoms with Gasteiger partial charge in [0.15, 0.2) is 0 Å². The van der Waals surface area contributed by atoms with Crippen LogP contribution in [0.4, 0.5) is 4.79 Å². The molecule has 100 valence electrons. The Bertz CT molecular complexity index is 548. The van der Waals surface area contributed by atoms with Crippen molar-refractivity contribution in [2.75, 3.05) is 0 Å². The summed E-state index contributed by atoms with van der Waals surface area (Å²) in [7, 11) is 0. The van der Waals surface area contributed by atoms with E-state index in [-0.39, 0.29) is 5.92 Å². The van der Waals surface area contributed by atoms with E-state index in [9.17, 15) is 9.90 Å². The van der Waals surface area contributed by atoms with Crippen LogP contribution in [0.1, 0.15) is 37.8 Å². The van der Waals surface area contributed by atoms with Gasteiger partial charge in [-0.1, -0.05) is 24.3 Å². The minimum Gasteiger partial charge on any atom is -0.392 e. The number of aliphatic hydroxyl groups excluding tert-OH is 1. The number of carbonyl (C=O) groups excluding carboxylic acids is 1. The maximum absolute atomic E-state index is 11.5. The molecule has 1 amide bonds. The van der Waals surface area contributed by atoms with Gasteiger partial charge < -0.3 is 9.84 Å². The Morgan fingerprint density at radius 3 is 2.79 bits per heavy atom. The summed E-state index contributed by atoms with van der Waals surface area (Å²) in [6.45, 7) is 5.33. The van der Waals surface area contributed by atoms with E-state index in [0.717, 1.165) is 11.1 Å². The fourth-order valence-corrected chi connectivity index (χ4v) is 2.14. The zero-order chi connectivity index (χ0) is 14.0. The summed E-state index contributed by atoms with van der Waals surface area (Å²) >= 11 is 0. The second-order valence-corrected chi connectivity index (χ2v) is 5.67. The van der Waals surface area contributed by atoms with Crippen molar-refractivity contribution in [1.82, 2.24) is 0 Å². The van der Waals surface area contributed by atoms with E-state index in [1.54, 1.807) is 20.8 Å². The average molecular weight is 260 g/mol. The highest BCUT2D eigenvalue weighted by molar-refractivity contribution is 5.79. The van der Waals surface area contributed by atoms with Crippen LogP contribution < -0.4 is 0 Å². The number of hydrogen-bond acceptors (Lipinski definition) is 3. The first-order chi connectivity index (χ1) is 8.87. The quantitative estimate of drug-likeness (QED) is 0.780. The standard InChI is InChI=1S/C15H18NO3/c1-15(2,3)19-14(18)16-9-12-11-7-5-4-6-10(11)8-13(12)17/h4-7,12-13,17H,8H2,1-3H3/q+1/t12?,13-/m0/s1. The molecule has 2 rings (SSSR count). The Kier molecular flexibility index (Phi) is 3.59. The molecule has 1 aliphatic rings. The first-order valence-electron chi connectivity index (χ1n) is 6.32. The van der Waals surface area contributed by atoms with Crippen LogP contribution in [0.2, 0.25) is 0 Å². The van der Waals surface area contributed by atoms with Crippen molar-refractivity contribution in [3.63, 3.8) is 0 Å². The van der Waals surface area contributed by atoms with Crippen molar-refractivity contribution in [1.29, 1.82) is 0 Å². The molecule has 0 saturated heterocycles. The highest BCUT2D eigenvalue weighted by atomic mass is 16.6. The molecule has 1 unspecified atom stereocenters. The van der Waals surface area contributed by atoms with E-state index in [1.165, 1.54) is 0 Å². The van der Waals surface area contributed by atoms with Crippen molar-refractivity contribution in [3.05, 3.63) is 40.2 Å². The summed E-state index contributed by atoms with van der Waals surface area (Å²) in [5.74, 6) is -0.358. The molecule has 4 nitrogen and oxygen atoms in total. The summed E-state index contributed by atoms with van der Waals surface area (Å²) < 4.78 is 5.07. The number of rotatable bonds is 0. The Morgan fingerprint density at radius 1 is 1.42 bits per heavy atom. The van der Waals surface area contributed by atoms with Gasteiger partial charge in [-0.05, 0) is 31.9 Å². The second kappa shape index (κ2) is 5.02. The van der Waals surface area contributed by atoms with Crippen LogP contribution >= 0.6 is 0 Å². The van der Waals surface area contributed by atoms with Gasteiger partial charge in [0.25, 0.3) is 0 Å². The lowest BCUT2D eigenvalue weighted by Gasteiger charge is -2.12. The van der Waals surface area contributed by atoms with E-state index in [1.807, 2.05) is 24.3 Å². The van der Waals surface area contributed by atoms with Crippen molar-refractivity contribution in [3.8, 4) is 6.07 Å². The molecule has 0 heterocycles. The summed E-state index contributed by atoms with van der Waals surface area (Å²) in [6, 6.07) is 10.4. The molecular weight excluding hydrogens is 242 g/mol. The van der Waals surface area contributed by atoms with Crippen molar-refractivity contribution >= 4 is 6.09 Å². The van der Waals surface area contributed by atoms with Gasteiger partial charge in [0, 0.05) is 6.42 Å². The molecule has 0 fully saturated rings. The van der Waals surface area contributed by atoms with Gasteiger partial charge in [-0.3, -0.25) is 0 Å². The number of ether oxygens (including phenoxy) is 1. The average Bonchev–Trinajstić information content (AvgIpc) is 2.60. The molecule has 0 bridgehead atoms. The SMILES string of the molecule is CC(C)(C)OC(=O)[N+]#CC1c2ccccc2C[C@@H]1O. The molecule has 1 aromatic rings. The Hall–Kier alpha value is -1.86. The topological polar surface area (TPSA) is 50.9 Å². The van der Waals surface area contributed by atoms with Gasteiger partial charge in [0.1, 0.15) is 11.5 Å². The molecule has 0 spiro atoms. The molecule has 1 N–H and O–H groups in total. The molecule has 0 saturated carbocycles. The van der Waals surface area contributed by atoms with Gasteiger partial charge in [-0.15, -0.1) is 0 Å². The molecule has 2 atom stereocenters. The van der Waals surface area contributed by atoms with Crippen LogP contribution in [0.3, 0.4) is 0 Å². The molecule has 0 aromatic heterocycles. The van der Waals surface area contributed by atoms with Crippen LogP contribution in [0.5, 0.6) is 0 Å². The summed E-state index contributed by atoms with van der Waals surface area (Å²) in [5, 5.41) is 9.98. The predicted molar refractivity (Wildman–Crippen MR) is 72.4 cm³/mol. The number of aliphatic hydroxyl groups is 1. The molecular formula is C15H18NO3+. The van der Waals surface area contributed by atoms with Crippen LogP contribution in [0, 0.1) is 6.07 Å². The molecule has 0 aliphatic heterocycles. The molecule has 0 radical (unpaired) electrons. The Balaban J connectivity index is 2.14. The highest BCUT2D eigenvalue weighted by Gasteiger charge is 2.34. The van der Waals surface area contributed by atoms with E-state index >= 15 is 0 Å².